The normalized spacial score (nSPS) is 10.6. The fraction of sp³-hybridized carbons (Fsp3) is 0.222. The molecule has 130 valence electrons. The number of urea groups is 1. The predicted octanol–water partition coefficient (Wildman–Crippen LogP) is 4.56. The van der Waals surface area contributed by atoms with Gasteiger partial charge in [0.15, 0.2) is 0 Å². The number of halogens is 1. The standard InChI is InChI=1S/C18H20FN5O/c1-2-3-7-20-13-5-4-6-14(9-13)23-18(25)24-16-11-22-17-15(16)8-12(19)10-21-17/h4-6,8-11,20H,2-3,7H2,1H3,(H,21,22)(H2,23,24,25). The van der Waals surface area contributed by atoms with Crippen molar-refractivity contribution in [3.63, 3.8) is 0 Å². The first-order valence-corrected chi connectivity index (χ1v) is 8.20. The van der Waals surface area contributed by atoms with Crippen LogP contribution in [-0.4, -0.2) is 22.5 Å². The van der Waals surface area contributed by atoms with Gasteiger partial charge < -0.3 is 20.9 Å². The third-order valence-electron chi connectivity index (χ3n) is 3.73. The number of aromatic amines is 1. The number of anilines is 3. The lowest BCUT2D eigenvalue weighted by Crippen LogP contribution is -2.19. The van der Waals surface area contributed by atoms with Gasteiger partial charge in [-0.3, -0.25) is 0 Å². The molecule has 1 aromatic carbocycles. The average Bonchev–Trinajstić information content (AvgIpc) is 2.97. The Kier molecular flexibility index (Phi) is 5.13. The van der Waals surface area contributed by atoms with Crippen LogP contribution < -0.4 is 16.0 Å². The number of hydrogen-bond donors (Lipinski definition) is 4. The number of carbonyl (C=O) groups is 1. The molecule has 4 N–H and O–H groups in total. The number of nitrogens with one attached hydrogen (secondary N) is 4. The molecule has 0 fully saturated rings. The largest absolute Gasteiger partial charge is 0.385 e. The van der Waals surface area contributed by atoms with Gasteiger partial charge in [0.1, 0.15) is 11.5 Å². The summed E-state index contributed by atoms with van der Waals surface area (Å²) in [6.45, 7) is 3.02. The van der Waals surface area contributed by atoms with E-state index >= 15 is 0 Å². The summed E-state index contributed by atoms with van der Waals surface area (Å²) in [5, 5.41) is 9.30. The van der Waals surface area contributed by atoms with E-state index in [2.05, 4.69) is 32.8 Å². The van der Waals surface area contributed by atoms with Crippen LogP contribution in [0.25, 0.3) is 11.0 Å². The van der Waals surface area contributed by atoms with Gasteiger partial charge in [0, 0.05) is 29.5 Å². The van der Waals surface area contributed by atoms with Gasteiger partial charge in [-0.2, -0.15) is 0 Å². The highest BCUT2D eigenvalue weighted by atomic mass is 19.1. The Hall–Kier alpha value is -3.09. The van der Waals surface area contributed by atoms with Crippen LogP contribution in [0.15, 0.2) is 42.7 Å². The van der Waals surface area contributed by atoms with Gasteiger partial charge in [0.05, 0.1) is 11.9 Å². The number of nitrogens with zero attached hydrogens (tertiary/aromatic N) is 1. The fourth-order valence-corrected chi connectivity index (χ4v) is 2.48. The third-order valence-corrected chi connectivity index (χ3v) is 3.73. The molecule has 0 aliphatic carbocycles. The Morgan fingerprint density at radius 3 is 2.92 bits per heavy atom. The highest BCUT2D eigenvalue weighted by Gasteiger charge is 2.09. The molecule has 6 nitrogen and oxygen atoms in total. The molecule has 0 unspecified atom stereocenters. The molecule has 0 aliphatic rings. The van der Waals surface area contributed by atoms with E-state index in [1.54, 1.807) is 12.3 Å². The first-order chi connectivity index (χ1) is 12.2. The van der Waals surface area contributed by atoms with E-state index in [0.29, 0.717) is 22.4 Å². The summed E-state index contributed by atoms with van der Waals surface area (Å²) in [6, 6.07) is 8.41. The van der Waals surface area contributed by atoms with Crippen molar-refractivity contribution in [2.45, 2.75) is 19.8 Å². The summed E-state index contributed by atoms with van der Waals surface area (Å²) in [6.07, 6.45) is 4.91. The summed E-state index contributed by atoms with van der Waals surface area (Å²) in [7, 11) is 0. The minimum absolute atomic E-state index is 0.407. The second-order valence-corrected chi connectivity index (χ2v) is 5.69. The van der Waals surface area contributed by atoms with E-state index in [4.69, 9.17) is 0 Å². The molecule has 2 heterocycles. The molecule has 2 amide bonds. The zero-order valence-electron chi connectivity index (χ0n) is 13.9. The summed E-state index contributed by atoms with van der Waals surface area (Å²) >= 11 is 0. The molecule has 3 rings (SSSR count). The maximum absolute atomic E-state index is 13.3. The lowest BCUT2D eigenvalue weighted by atomic mass is 10.2. The van der Waals surface area contributed by atoms with Crippen LogP contribution in [0.5, 0.6) is 0 Å². The maximum Gasteiger partial charge on any atom is 0.323 e. The van der Waals surface area contributed by atoms with Crippen LogP contribution in [0.3, 0.4) is 0 Å². The molecular formula is C18H20FN5O. The molecule has 0 atom stereocenters. The van der Waals surface area contributed by atoms with Crippen molar-refractivity contribution >= 4 is 34.1 Å². The number of hydrogen-bond acceptors (Lipinski definition) is 3. The fourth-order valence-electron chi connectivity index (χ4n) is 2.48. The lowest BCUT2D eigenvalue weighted by molar-refractivity contribution is 0.262. The topological polar surface area (TPSA) is 81.8 Å². The Morgan fingerprint density at radius 1 is 1.24 bits per heavy atom. The summed E-state index contributed by atoms with van der Waals surface area (Å²) in [5.41, 5.74) is 2.60. The first-order valence-electron chi connectivity index (χ1n) is 8.20. The second kappa shape index (κ2) is 7.65. The Morgan fingerprint density at radius 2 is 2.08 bits per heavy atom. The molecule has 25 heavy (non-hydrogen) atoms. The van der Waals surface area contributed by atoms with Gasteiger partial charge in [-0.1, -0.05) is 19.4 Å². The van der Waals surface area contributed by atoms with Gasteiger partial charge in [0.2, 0.25) is 0 Å². The van der Waals surface area contributed by atoms with E-state index in [1.807, 2.05) is 18.2 Å². The van der Waals surface area contributed by atoms with Crippen molar-refractivity contribution in [3.05, 3.63) is 48.5 Å². The summed E-state index contributed by atoms with van der Waals surface area (Å²) in [4.78, 5) is 19.0. The molecule has 2 aromatic heterocycles. The summed E-state index contributed by atoms with van der Waals surface area (Å²) < 4.78 is 13.3. The number of unbranched alkanes of at least 4 members (excludes halogenated alkanes) is 1. The molecule has 3 aromatic rings. The van der Waals surface area contributed by atoms with Crippen LogP contribution in [0.2, 0.25) is 0 Å². The SMILES string of the molecule is CCCCNc1cccc(NC(=O)Nc2c[nH]c3ncc(F)cc23)c1. The number of aromatic nitrogens is 2. The minimum atomic E-state index is -0.457. The van der Waals surface area contributed by atoms with Crippen LogP contribution >= 0.6 is 0 Å². The predicted molar refractivity (Wildman–Crippen MR) is 98.5 cm³/mol. The molecule has 0 radical (unpaired) electrons. The van der Waals surface area contributed by atoms with Crippen LogP contribution in [-0.2, 0) is 0 Å². The molecular weight excluding hydrogens is 321 g/mol. The minimum Gasteiger partial charge on any atom is -0.385 e. The van der Waals surface area contributed by atoms with E-state index in [-0.39, 0.29) is 0 Å². The first kappa shape index (κ1) is 16.8. The van der Waals surface area contributed by atoms with Crippen molar-refractivity contribution in [3.8, 4) is 0 Å². The Bertz CT molecular complexity index is 877. The van der Waals surface area contributed by atoms with Gasteiger partial charge >= 0.3 is 6.03 Å². The van der Waals surface area contributed by atoms with E-state index in [1.165, 1.54) is 6.07 Å². The quantitative estimate of drug-likeness (QED) is 0.496. The number of H-pyrrole nitrogens is 1. The van der Waals surface area contributed by atoms with Crippen molar-refractivity contribution in [1.29, 1.82) is 0 Å². The van der Waals surface area contributed by atoms with Gasteiger partial charge in [-0.05, 0) is 30.7 Å². The van der Waals surface area contributed by atoms with Crippen LogP contribution in [0.4, 0.5) is 26.2 Å². The highest BCUT2D eigenvalue weighted by molar-refractivity contribution is 6.05. The molecule has 0 saturated heterocycles. The number of rotatable bonds is 6. The highest BCUT2D eigenvalue weighted by Crippen LogP contribution is 2.22. The van der Waals surface area contributed by atoms with Crippen molar-refractivity contribution in [1.82, 2.24) is 9.97 Å². The van der Waals surface area contributed by atoms with Crippen LogP contribution in [0.1, 0.15) is 19.8 Å². The maximum atomic E-state index is 13.3. The van der Waals surface area contributed by atoms with Gasteiger partial charge in [-0.15, -0.1) is 0 Å². The second-order valence-electron chi connectivity index (χ2n) is 5.69. The molecule has 7 heteroatoms. The molecule has 0 saturated carbocycles. The van der Waals surface area contributed by atoms with E-state index < -0.39 is 11.8 Å². The smallest absolute Gasteiger partial charge is 0.323 e. The van der Waals surface area contributed by atoms with E-state index in [0.717, 1.165) is 31.3 Å². The van der Waals surface area contributed by atoms with Crippen molar-refractivity contribution in [2.24, 2.45) is 0 Å². The number of fused-ring (bicyclic) bond motifs is 1. The number of amides is 2. The molecule has 0 bridgehead atoms. The molecule has 0 spiro atoms. The average molecular weight is 341 g/mol. The third kappa shape index (κ3) is 4.26. The Labute approximate surface area is 144 Å². The van der Waals surface area contributed by atoms with Crippen molar-refractivity contribution in [2.75, 3.05) is 22.5 Å². The summed E-state index contributed by atoms with van der Waals surface area (Å²) in [5.74, 6) is -0.457. The van der Waals surface area contributed by atoms with Crippen LogP contribution in [0, 0.1) is 5.82 Å². The number of benzene rings is 1. The molecule has 0 aliphatic heterocycles. The van der Waals surface area contributed by atoms with Crippen molar-refractivity contribution < 1.29 is 9.18 Å². The number of pyridine rings is 1. The van der Waals surface area contributed by atoms with Gasteiger partial charge in [0.25, 0.3) is 0 Å². The van der Waals surface area contributed by atoms with Gasteiger partial charge in [-0.25, -0.2) is 14.2 Å². The lowest BCUT2D eigenvalue weighted by Gasteiger charge is -2.10. The zero-order valence-corrected chi connectivity index (χ0v) is 13.9. The Balaban J connectivity index is 1.66. The van der Waals surface area contributed by atoms with E-state index in [9.17, 15) is 9.18 Å². The monoisotopic (exact) mass is 341 g/mol. The number of carbonyl (C=O) groups excluding carboxylic acids is 1. The zero-order chi connectivity index (χ0) is 17.6.